The van der Waals surface area contributed by atoms with Gasteiger partial charge < -0.3 is 10.1 Å². The third-order valence-electron chi connectivity index (χ3n) is 4.07. The molecule has 1 heterocycles. The van der Waals surface area contributed by atoms with E-state index in [4.69, 9.17) is 4.74 Å². The van der Waals surface area contributed by atoms with Gasteiger partial charge in [-0.2, -0.15) is 4.31 Å². The number of hydrogen-bond donors (Lipinski definition) is 1. The molecule has 0 amide bonds. The van der Waals surface area contributed by atoms with Crippen LogP contribution >= 0.6 is 0 Å². The molecule has 2 rings (SSSR count). The van der Waals surface area contributed by atoms with Crippen LogP contribution in [-0.4, -0.2) is 46.0 Å². The van der Waals surface area contributed by atoms with Gasteiger partial charge in [-0.05, 0) is 57.0 Å². The van der Waals surface area contributed by atoms with E-state index < -0.39 is 10.0 Å². The molecule has 1 aromatic carbocycles. The summed E-state index contributed by atoms with van der Waals surface area (Å²) in [5.41, 5.74) is 1.76. The van der Waals surface area contributed by atoms with E-state index in [9.17, 15) is 8.42 Å². The Morgan fingerprint density at radius 1 is 1.24 bits per heavy atom. The van der Waals surface area contributed by atoms with Crippen LogP contribution in [0.5, 0.6) is 5.75 Å². The number of nitrogens with zero attached hydrogens (tertiary/aromatic N) is 1. The lowest BCUT2D eigenvalue weighted by molar-refractivity contribution is 0.295. The molecule has 0 unspecified atom stereocenters. The van der Waals surface area contributed by atoms with Gasteiger partial charge in [0.05, 0.1) is 7.11 Å². The normalized spacial score (nSPS) is 17.2. The van der Waals surface area contributed by atoms with Gasteiger partial charge in [-0.3, -0.25) is 0 Å². The Morgan fingerprint density at radius 2 is 1.86 bits per heavy atom. The minimum atomic E-state index is -3.55. The summed E-state index contributed by atoms with van der Waals surface area (Å²) < 4.78 is 32.7. The highest BCUT2D eigenvalue weighted by Gasteiger charge is 2.31. The lowest BCUT2D eigenvalue weighted by Gasteiger charge is -2.31. The maximum absolute atomic E-state index is 12.9. The van der Waals surface area contributed by atoms with Crippen LogP contribution in [0.3, 0.4) is 0 Å². The fourth-order valence-electron chi connectivity index (χ4n) is 2.89. The first-order chi connectivity index (χ1) is 9.87. The van der Waals surface area contributed by atoms with Crippen LogP contribution in [0.25, 0.3) is 0 Å². The van der Waals surface area contributed by atoms with Gasteiger partial charge in [-0.25, -0.2) is 8.42 Å². The summed E-state index contributed by atoms with van der Waals surface area (Å²) in [6.45, 7) is 5.48. The van der Waals surface area contributed by atoms with Crippen LogP contribution in [0, 0.1) is 13.8 Å². The van der Waals surface area contributed by atoms with E-state index in [1.807, 2.05) is 19.9 Å². The summed E-state index contributed by atoms with van der Waals surface area (Å²) in [5, 5.41) is 3.26. The average molecular weight is 312 g/mol. The van der Waals surface area contributed by atoms with E-state index in [2.05, 4.69) is 5.32 Å². The molecule has 0 bridgehead atoms. The number of ether oxygens (including phenoxy) is 1. The van der Waals surface area contributed by atoms with Gasteiger partial charge in [0.2, 0.25) is 10.0 Å². The second-order valence-corrected chi connectivity index (χ2v) is 7.58. The lowest BCUT2D eigenvalue weighted by Crippen LogP contribution is -2.44. The number of hydrogen-bond acceptors (Lipinski definition) is 4. The van der Waals surface area contributed by atoms with Crippen LogP contribution in [-0.2, 0) is 10.0 Å². The van der Waals surface area contributed by atoms with Gasteiger partial charge in [0.25, 0.3) is 0 Å². The third-order valence-corrected chi connectivity index (χ3v) is 5.98. The zero-order chi connectivity index (χ0) is 15.6. The predicted molar refractivity (Wildman–Crippen MR) is 83.3 cm³/mol. The van der Waals surface area contributed by atoms with E-state index in [-0.39, 0.29) is 10.9 Å². The quantitative estimate of drug-likeness (QED) is 0.919. The summed E-state index contributed by atoms with van der Waals surface area (Å²) in [6, 6.07) is 3.67. The summed E-state index contributed by atoms with van der Waals surface area (Å²) in [5.74, 6) is 0.446. The molecule has 0 aromatic heterocycles. The standard InChI is InChI=1S/C15H24N2O3S/c1-11-9-12(2)15(20-4)14(10-11)21(18,19)17(3)13-5-7-16-8-6-13/h9-10,13,16H,5-8H2,1-4H3. The fourth-order valence-corrected chi connectivity index (χ4v) is 4.62. The van der Waals surface area contributed by atoms with Crippen LogP contribution in [0.4, 0.5) is 0 Å². The first kappa shape index (κ1) is 16.3. The van der Waals surface area contributed by atoms with Crippen molar-refractivity contribution in [2.75, 3.05) is 27.2 Å². The van der Waals surface area contributed by atoms with Crippen LogP contribution < -0.4 is 10.1 Å². The molecule has 118 valence electrons. The molecule has 0 saturated carbocycles. The van der Waals surface area contributed by atoms with Gasteiger partial charge in [0, 0.05) is 13.1 Å². The molecule has 6 heteroatoms. The molecule has 1 aliphatic heterocycles. The molecule has 1 aromatic rings. The van der Waals surface area contributed by atoms with Gasteiger partial charge in [0.15, 0.2) is 0 Å². The Hall–Kier alpha value is -1.11. The van der Waals surface area contributed by atoms with E-state index in [0.29, 0.717) is 5.75 Å². The molecule has 21 heavy (non-hydrogen) atoms. The summed E-state index contributed by atoms with van der Waals surface area (Å²) in [4.78, 5) is 0.267. The zero-order valence-corrected chi connectivity index (χ0v) is 14.0. The van der Waals surface area contributed by atoms with Gasteiger partial charge in [-0.1, -0.05) is 6.07 Å². The van der Waals surface area contributed by atoms with Gasteiger partial charge in [0.1, 0.15) is 10.6 Å². The SMILES string of the molecule is COc1c(C)cc(C)cc1S(=O)(=O)N(C)C1CCNCC1. The van der Waals surface area contributed by atoms with Crippen molar-refractivity contribution < 1.29 is 13.2 Å². The maximum atomic E-state index is 12.9. The van der Waals surface area contributed by atoms with E-state index in [0.717, 1.165) is 37.1 Å². The number of rotatable bonds is 4. The molecule has 0 radical (unpaired) electrons. The number of methoxy groups -OCH3 is 1. The van der Waals surface area contributed by atoms with Crippen molar-refractivity contribution in [3.63, 3.8) is 0 Å². The minimum absolute atomic E-state index is 0.0433. The first-order valence-electron chi connectivity index (χ1n) is 7.22. The topological polar surface area (TPSA) is 58.6 Å². The highest BCUT2D eigenvalue weighted by atomic mass is 32.2. The Labute approximate surface area is 127 Å². The van der Waals surface area contributed by atoms with Crippen molar-refractivity contribution in [3.05, 3.63) is 23.3 Å². The molecule has 0 spiro atoms. The Balaban J connectivity index is 2.43. The van der Waals surface area contributed by atoms with E-state index >= 15 is 0 Å². The largest absolute Gasteiger partial charge is 0.495 e. The average Bonchev–Trinajstić information content (AvgIpc) is 2.46. The van der Waals surface area contributed by atoms with Crippen molar-refractivity contribution in [1.29, 1.82) is 0 Å². The molecule has 0 aliphatic carbocycles. The number of benzene rings is 1. The molecule has 1 aliphatic rings. The van der Waals surface area contributed by atoms with Crippen molar-refractivity contribution in [2.24, 2.45) is 0 Å². The maximum Gasteiger partial charge on any atom is 0.246 e. The smallest absolute Gasteiger partial charge is 0.246 e. The van der Waals surface area contributed by atoms with Crippen LogP contribution in [0.1, 0.15) is 24.0 Å². The third kappa shape index (κ3) is 3.22. The highest BCUT2D eigenvalue weighted by molar-refractivity contribution is 7.89. The molecule has 1 saturated heterocycles. The molecule has 0 atom stereocenters. The Morgan fingerprint density at radius 3 is 2.43 bits per heavy atom. The van der Waals surface area contributed by atoms with E-state index in [1.54, 1.807) is 13.1 Å². The van der Waals surface area contributed by atoms with Crippen molar-refractivity contribution in [1.82, 2.24) is 9.62 Å². The summed E-state index contributed by atoms with van der Waals surface area (Å²) in [6.07, 6.45) is 1.67. The second kappa shape index (κ2) is 6.34. The second-order valence-electron chi connectivity index (χ2n) is 5.62. The van der Waals surface area contributed by atoms with Gasteiger partial charge in [-0.15, -0.1) is 0 Å². The fraction of sp³-hybridized carbons (Fsp3) is 0.600. The number of nitrogens with one attached hydrogen (secondary N) is 1. The molecule has 1 N–H and O–H groups in total. The Bertz CT molecular complexity index is 608. The minimum Gasteiger partial charge on any atom is -0.495 e. The van der Waals surface area contributed by atoms with Crippen molar-refractivity contribution >= 4 is 10.0 Å². The monoisotopic (exact) mass is 312 g/mol. The number of sulfonamides is 1. The molecule has 5 nitrogen and oxygen atoms in total. The van der Waals surface area contributed by atoms with Crippen LogP contribution in [0.15, 0.2) is 17.0 Å². The van der Waals surface area contributed by atoms with Gasteiger partial charge >= 0.3 is 0 Å². The summed E-state index contributed by atoms with van der Waals surface area (Å²) >= 11 is 0. The van der Waals surface area contributed by atoms with Crippen molar-refractivity contribution in [3.8, 4) is 5.75 Å². The van der Waals surface area contributed by atoms with Crippen molar-refractivity contribution in [2.45, 2.75) is 37.6 Å². The predicted octanol–water partition coefficient (Wildman–Crippen LogP) is 1.68. The summed E-state index contributed by atoms with van der Waals surface area (Å²) in [7, 11) is -0.362. The molecular formula is C15H24N2O3S. The number of piperidine rings is 1. The number of aryl methyl sites for hydroxylation is 2. The Kier molecular flexibility index (Phi) is 4.91. The lowest BCUT2D eigenvalue weighted by atomic mass is 10.1. The first-order valence-corrected chi connectivity index (χ1v) is 8.66. The molecular weight excluding hydrogens is 288 g/mol. The molecule has 1 fully saturated rings. The zero-order valence-electron chi connectivity index (χ0n) is 13.1. The highest BCUT2D eigenvalue weighted by Crippen LogP contribution is 2.32. The van der Waals surface area contributed by atoms with E-state index in [1.165, 1.54) is 11.4 Å². The van der Waals surface area contributed by atoms with Crippen LogP contribution in [0.2, 0.25) is 0 Å².